The van der Waals surface area contributed by atoms with Crippen molar-refractivity contribution in [3.05, 3.63) is 59.7 Å². The molecule has 1 aliphatic heterocycles. The number of unbranched alkanes of at least 4 members (excludes halogenated alkanes) is 1. The molecular formula is C22H25N3O2. The number of fused-ring (bicyclic) bond motifs is 1. The molecule has 0 spiro atoms. The predicted molar refractivity (Wildman–Crippen MR) is 106 cm³/mol. The lowest BCUT2D eigenvalue weighted by Crippen LogP contribution is -2.26. The van der Waals surface area contributed by atoms with Gasteiger partial charge in [-0.25, -0.2) is 0 Å². The van der Waals surface area contributed by atoms with Gasteiger partial charge in [-0.15, -0.1) is 0 Å². The molecular weight excluding hydrogens is 338 g/mol. The number of amides is 1. The zero-order chi connectivity index (χ0) is 18.9. The van der Waals surface area contributed by atoms with Crippen LogP contribution < -0.4 is 15.4 Å². The molecule has 1 aliphatic rings. The summed E-state index contributed by atoms with van der Waals surface area (Å²) in [5, 5.41) is 15.2. The van der Waals surface area contributed by atoms with Crippen LogP contribution in [0.25, 0.3) is 0 Å². The SMILES string of the molecule is N#CCCCC(NCCOc1ccc2c(c1)CCC(=O)N2)c1ccccc1. The van der Waals surface area contributed by atoms with Gasteiger partial charge in [0.1, 0.15) is 12.4 Å². The molecule has 1 atom stereocenters. The van der Waals surface area contributed by atoms with Crippen LogP contribution in [0.2, 0.25) is 0 Å². The number of nitrogens with zero attached hydrogens (tertiary/aromatic N) is 1. The molecule has 1 heterocycles. The van der Waals surface area contributed by atoms with Gasteiger partial charge in [-0.3, -0.25) is 4.79 Å². The van der Waals surface area contributed by atoms with Crippen molar-refractivity contribution in [2.75, 3.05) is 18.5 Å². The van der Waals surface area contributed by atoms with E-state index in [9.17, 15) is 4.79 Å². The standard InChI is InChI=1S/C22H25N3O2/c23-13-5-4-8-20(17-6-2-1-3-7-17)24-14-15-27-19-10-11-21-18(16-19)9-12-22(26)25-21/h1-3,6-7,10-11,16,20,24H,4-5,8-9,12,14-15H2,(H,25,26). The van der Waals surface area contributed by atoms with Gasteiger partial charge in [0.25, 0.3) is 0 Å². The molecule has 0 radical (unpaired) electrons. The van der Waals surface area contributed by atoms with Crippen molar-refractivity contribution in [1.82, 2.24) is 5.32 Å². The Kier molecular flexibility index (Phi) is 6.84. The minimum Gasteiger partial charge on any atom is -0.492 e. The molecule has 0 aliphatic carbocycles. The number of aryl methyl sites for hydroxylation is 1. The number of hydrogen-bond acceptors (Lipinski definition) is 4. The van der Waals surface area contributed by atoms with Gasteiger partial charge in [-0.05, 0) is 48.6 Å². The summed E-state index contributed by atoms with van der Waals surface area (Å²) >= 11 is 0. The second kappa shape index (κ2) is 9.75. The van der Waals surface area contributed by atoms with Crippen molar-refractivity contribution in [1.29, 1.82) is 5.26 Å². The van der Waals surface area contributed by atoms with Crippen LogP contribution >= 0.6 is 0 Å². The van der Waals surface area contributed by atoms with Crippen LogP contribution in [0.15, 0.2) is 48.5 Å². The lowest BCUT2D eigenvalue weighted by atomic mass is 10.0. The monoisotopic (exact) mass is 363 g/mol. The molecule has 1 amide bonds. The van der Waals surface area contributed by atoms with E-state index in [0.717, 1.165) is 42.8 Å². The van der Waals surface area contributed by atoms with E-state index >= 15 is 0 Å². The molecule has 5 heteroatoms. The minimum absolute atomic E-state index is 0.0729. The zero-order valence-electron chi connectivity index (χ0n) is 15.4. The fourth-order valence-corrected chi connectivity index (χ4v) is 3.31. The number of carbonyl (C=O) groups excluding carboxylic acids is 1. The average Bonchev–Trinajstić information content (AvgIpc) is 2.70. The van der Waals surface area contributed by atoms with Crippen LogP contribution in [0.3, 0.4) is 0 Å². The van der Waals surface area contributed by atoms with E-state index in [0.29, 0.717) is 19.4 Å². The molecule has 0 fully saturated rings. The first kappa shape index (κ1) is 18.9. The van der Waals surface area contributed by atoms with Crippen LogP contribution in [0, 0.1) is 11.3 Å². The number of nitriles is 1. The Morgan fingerprint density at radius 2 is 2.04 bits per heavy atom. The highest BCUT2D eigenvalue weighted by molar-refractivity contribution is 5.93. The van der Waals surface area contributed by atoms with E-state index in [1.165, 1.54) is 5.56 Å². The first-order valence-corrected chi connectivity index (χ1v) is 9.47. The number of benzene rings is 2. The number of nitrogens with one attached hydrogen (secondary N) is 2. The first-order chi connectivity index (χ1) is 13.3. The Morgan fingerprint density at radius 3 is 2.85 bits per heavy atom. The average molecular weight is 363 g/mol. The normalized spacial score (nSPS) is 14.0. The zero-order valence-corrected chi connectivity index (χ0v) is 15.4. The molecule has 1 unspecified atom stereocenters. The van der Waals surface area contributed by atoms with Crippen LogP contribution in [-0.2, 0) is 11.2 Å². The van der Waals surface area contributed by atoms with E-state index in [4.69, 9.17) is 10.00 Å². The van der Waals surface area contributed by atoms with Gasteiger partial charge in [0.05, 0.1) is 6.07 Å². The number of rotatable bonds is 9. The largest absolute Gasteiger partial charge is 0.492 e. The predicted octanol–water partition coefficient (Wildman–Crippen LogP) is 3.97. The van der Waals surface area contributed by atoms with Crippen LogP contribution in [-0.4, -0.2) is 19.1 Å². The Hall–Kier alpha value is -2.84. The number of hydrogen-bond donors (Lipinski definition) is 2. The maximum absolute atomic E-state index is 11.4. The van der Waals surface area contributed by atoms with Crippen molar-refractivity contribution in [2.45, 2.75) is 38.1 Å². The summed E-state index contributed by atoms with van der Waals surface area (Å²) in [7, 11) is 0. The minimum atomic E-state index is 0.0729. The van der Waals surface area contributed by atoms with Gasteiger partial charge in [-0.1, -0.05) is 30.3 Å². The Balaban J connectivity index is 1.50. The van der Waals surface area contributed by atoms with E-state index < -0.39 is 0 Å². The summed E-state index contributed by atoms with van der Waals surface area (Å²) in [6.45, 7) is 1.28. The van der Waals surface area contributed by atoms with Crippen molar-refractivity contribution in [3.8, 4) is 11.8 Å². The lowest BCUT2D eigenvalue weighted by Gasteiger charge is -2.20. The van der Waals surface area contributed by atoms with E-state index in [1.54, 1.807) is 0 Å². The van der Waals surface area contributed by atoms with Crippen LogP contribution in [0.1, 0.15) is 42.9 Å². The van der Waals surface area contributed by atoms with Crippen molar-refractivity contribution >= 4 is 11.6 Å². The van der Waals surface area contributed by atoms with Crippen molar-refractivity contribution in [3.63, 3.8) is 0 Å². The molecule has 2 N–H and O–H groups in total. The van der Waals surface area contributed by atoms with Crippen LogP contribution in [0.5, 0.6) is 5.75 Å². The van der Waals surface area contributed by atoms with E-state index in [1.807, 2.05) is 36.4 Å². The molecule has 0 aromatic heterocycles. The van der Waals surface area contributed by atoms with Gasteiger partial charge in [0.15, 0.2) is 0 Å². The smallest absolute Gasteiger partial charge is 0.224 e. The summed E-state index contributed by atoms with van der Waals surface area (Å²) in [6.07, 6.45) is 3.66. The molecule has 0 saturated carbocycles. The molecule has 3 rings (SSSR count). The second-order valence-corrected chi connectivity index (χ2v) is 6.68. The molecule has 5 nitrogen and oxygen atoms in total. The second-order valence-electron chi connectivity index (χ2n) is 6.68. The molecule has 2 aromatic rings. The number of ether oxygens (including phenoxy) is 1. The Morgan fingerprint density at radius 1 is 1.19 bits per heavy atom. The Bertz CT molecular complexity index is 799. The topological polar surface area (TPSA) is 74.1 Å². The maximum atomic E-state index is 11.4. The fourth-order valence-electron chi connectivity index (χ4n) is 3.31. The highest BCUT2D eigenvalue weighted by atomic mass is 16.5. The highest BCUT2D eigenvalue weighted by Crippen LogP contribution is 2.26. The Labute approximate surface area is 160 Å². The maximum Gasteiger partial charge on any atom is 0.224 e. The molecule has 0 bridgehead atoms. The fraction of sp³-hybridized carbons (Fsp3) is 0.364. The summed E-state index contributed by atoms with van der Waals surface area (Å²) in [4.78, 5) is 11.4. The highest BCUT2D eigenvalue weighted by Gasteiger charge is 2.15. The van der Waals surface area contributed by atoms with Crippen LogP contribution in [0.4, 0.5) is 5.69 Å². The summed E-state index contributed by atoms with van der Waals surface area (Å²) in [6, 6.07) is 18.6. The van der Waals surface area contributed by atoms with Gasteiger partial charge < -0.3 is 15.4 Å². The summed E-state index contributed by atoms with van der Waals surface area (Å²) in [5.74, 6) is 0.899. The van der Waals surface area contributed by atoms with Crippen molar-refractivity contribution < 1.29 is 9.53 Å². The third-order valence-corrected chi connectivity index (χ3v) is 4.72. The van der Waals surface area contributed by atoms with Gasteiger partial charge in [0.2, 0.25) is 5.91 Å². The van der Waals surface area contributed by atoms with Gasteiger partial charge in [-0.2, -0.15) is 5.26 Å². The summed E-state index contributed by atoms with van der Waals surface area (Å²) < 4.78 is 5.88. The van der Waals surface area contributed by atoms with Gasteiger partial charge >= 0.3 is 0 Å². The molecule has 140 valence electrons. The third kappa shape index (κ3) is 5.57. The molecule has 0 saturated heterocycles. The molecule has 27 heavy (non-hydrogen) atoms. The van der Waals surface area contributed by atoms with E-state index in [2.05, 4.69) is 28.8 Å². The molecule has 2 aromatic carbocycles. The summed E-state index contributed by atoms with van der Waals surface area (Å²) in [5.41, 5.74) is 3.25. The van der Waals surface area contributed by atoms with E-state index in [-0.39, 0.29) is 11.9 Å². The quantitative estimate of drug-likeness (QED) is 0.661. The van der Waals surface area contributed by atoms with Crippen molar-refractivity contribution in [2.24, 2.45) is 0 Å². The first-order valence-electron chi connectivity index (χ1n) is 9.47. The number of carbonyl (C=O) groups is 1. The van der Waals surface area contributed by atoms with Gasteiger partial charge in [0, 0.05) is 31.1 Å². The third-order valence-electron chi connectivity index (χ3n) is 4.72. The number of anilines is 1. The lowest BCUT2D eigenvalue weighted by molar-refractivity contribution is -0.116.